The van der Waals surface area contributed by atoms with Crippen LogP contribution in [0.5, 0.6) is 0 Å². The van der Waals surface area contributed by atoms with Gasteiger partial charge in [-0.3, -0.25) is 4.79 Å². The number of thioether (sulfide) groups is 2. The summed E-state index contributed by atoms with van der Waals surface area (Å²) in [6.45, 7) is 1.29. The second-order valence-electron chi connectivity index (χ2n) is 3.30. The third kappa shape index (κ3) is 4.92. The van der Waals surface area contributed by atoms with Gasteiger partial charge in [-0.25, -0.2) is 14.8 Å². The Bertz CT molecular complexity index is 442. The fourth-order valence-corrected chi connectivity index (χ4v) is 2.44. The number of carbonyl (C=O) groups is 2. The van der Waals surface area contributed by atoms with Gasteiger partial charge in [-0.15, -0.1) is 23.5 Å². The van der Waals surface area contributed by atoms with E-state index in [0.717, 1.165) is 5.03 Å². The Hall–Kier alpha value is -1.28. The summed E-state index contributed by atoms with van der Waals surface area (Å²) in [7, 11) is 0. The summed E-state index contributed by atoms with van der Waals surface area (Å²) in [5, 5.41) is 12.8. The third-order valence-corrected chi connectivity index (χ3v) is 3.56. The van der Waals surface area contributed by atoms with Gasteiger partial charge in [0, 0.05) is 18.7 Å². The molecule has 1 atom stereocenters. The number of rotatable bonds is 6. The van der Waals surface area contributed by atoms with Crippen LogP contribution in [0.2, 0.25) is 0 Å². The molecule has 6 nitrogen and oxygen atoms in total. The Balaban J connectivity index is 2.60. The lowest BCUT2D eigenvalue weighted by Crippen LogP contribution is -2.41. The standard InChI is InChI=1S/C10H13N3O3S2/c1-6(14)13-7(10(15)16)4-18-9-3-8(17-2)11-5-12-9/h3,5,7H,4H2,1-2H3,(H,13,14)(H,15,16). The van der Waals surface area contributed by atoms with E-state index in [1.54, 1.807) is 6.07 Å². The van der Waals surface area contributed by atoms with Gasteiger partial charge in [0.05, 0.1) is 0 Å². The van der Waals surface area contributed by atoms with Crippen LogP contribution in [0.15, 0.2) is 22.4 Å². The molecule has 2 N–H and O–H groups in total. The first-order chi connectivity index (χ1) is 8.52. The van der Waals surface area contributed by atoms with Gasteiger partial charge in [0.25, 0.3) is 0 Å². The molecule has 1 heterocycles. The van der Waals surface area contributed by atoms with E-state index >= 15 is 0 Å². The minimum Gasteiger partial charge on any atom is -0.480 e. The van der Waals surface area contributed by atoms with E-state index in [1.807, 2.05) is 6.26 Å². The van der Waals surface area contributed by atoms with Crippen LogP contribution >= 0.6 is 23.5 Å². The molecule has 1 unspecified atom stereocenters. The van der Waals surface area contributed by atoms with Gasteiger partial charge in [-0.05, 0) is 6.26 Å². The molecule has 18 heavy (non-hydrogen) atoms. The van der Waals surface area contributed by atoms with Gasteiger partial charge in [0.2, 0.25) is 5.91 Å². The predicted octanol–water partition coefficient (Wildman–Crippen LogP) is 0.880. The average Bonchev–Trinajstić information content (AvgIpc) is 2.34. The van der Waals surface area contributed by atoms with E-state index in [2.05, 4.69) is 15.3 Å². The minimum absolute atomic E-state index is 0.222. The normalized spacial score (nSPS) is 11.9. The smallest absolute Gasteiger partial charge is 0.327 e. The van der Waals surface area contributed by atoms with Crippen molar-refractivity contribution >= 4 is 35.4 Å². The number of nitrogens with one attached hydrogen (secondary N) is 1. The fourth-order valence-electron chi connectivity index (χ4n) is 1.10. The Morgan fingerprint density at radius 1 is 1.44 bits per heavy atom. The first-order valence-electron chi connectivity index (χ1n) is 5.01. The largest absolute Gasteiger partial charge is 0.480 e. The maximum Gasteiger partial charge on any atom is 0.327 e. The molecular formula is C10H13N3O3S2. The molecule has 0 aromatic carbocycles. The van der Waals surface area contributed by atoms with Crippen molar-refractivity contribution in [3.8, 4) is 0 Å². The first-order valence-corrected chi connectivity index (χ1v) is 7.22. The molecule has 1 aromatic heterocycles. The van der Waals surface area contributed by atoms with E-state index in [1.165, 1.54) is 36.8 Å². The van der Waals surface area contributed by atoms with Gasteiger partial charge in [-0.2, -0.15) is 0 Å². The van der Waals surface area contributed by atoms with Crippen LogP contribution in [-0.4, -0.2) is 45.0 Å². The zero-order valence-corrected chi connectivity index (χ0v) is 11.5. The molecule has 0 aliphatic rings. The van der Waals surface area contributed by atoms with Crippen LogP contribution < -0.4 is 5.32 Å². The number of carboxylic acid groups (broad SMARTS) is 1. The molecule has 0 spiro atoms. The number of amides is 1. The Labute approximate surface area is 113 Å². The van der Waals surface area contributed by atoms with Crippen molar-refractivity contribution in [2.24, 2.45) is 0 Å². The lowest BCUT2D eigenvalue weighted by Gasteiger charge is -2.12. The van der Waals surface area contributed by atoms with Crippen molar-refractivity contribution in [3.05, 3.63) is 12.4 Å². The molecule has 1 amide bonds. The van der Waals surface area contributed by atoms with Crippen molar-refractivity contribution in [1.29, 1.82) is 0 Å². The number of aromatic nitrogens is 2. The maximum atomic E-state index is 10.9. The molecule has 0 bridgehead atoms. The molecule has 0 saturated carbocycles. The fraction of sp³-hybridized carbons (Fsp3) is 0.400. The average molecular weight is 287 g/mol. The summed E-state index contributed by atoms with van der Waals surface area (Å²) in [4.78, 5) is 29.8. The lowest BCUT2D eigenvalue weighted by atomic mass is 10.3. The van der Waals surface area contributed by atoms with Gasteiger partial charge in [-0.1, -0.05) is 0 Å². The summed E-state index contributed by atoms with van der Waals surface area (Å²) < 4.78 is 0. The predicted molar refractivity (Wildman–Crippen MR) is 69.8 cm³/mol. The highest BCUT2D eigenvalue weighted by molar-refractivity contribution is 7.99. The molecule has 0 radical (unpaired) electrons. The minimum atomic E-state index is -1.06. The molecule has 1 rings (SSSR count). The SMILES string of the molecule is CSc1cc(SCC(NC(C)=O)C(=O)O)ncn1. The topological polar surface area (TPSA) is 92.2 Å². The van der Waals surface area contributed by atoms with E-state index in [0.29, 0.717) is 5.03 Å². The summed E-state index contributed by atoms with van der Waals surface area (Å²) >= 11 is 2.75. The van der Waals surface area contributed by atoms with Crippen LogP contribution in [0.3, 0.4) is 0 Å². The maximum absolute atomic E-state index is 10.9. The van der Waals surface area contributed by atoms with Gasteiger partial charge >= 0.3 is 5.97 Å². The Morgan fingerprint density at radius 2 is 2.11 bits per heavy atom. The van der Waals surface area contributed by atoms with Gasteiger partial charge in [0.1, 0.15) is 22.4 Å². The number of hydrogen-bond donors (Lipinski definition) is 2. The zero-order valence-electron chi connectivity index (χ0n) is 9.91. The number of carboxylic acids is 1. The number of nitrogens with zero attached hydrogens (tertiary/aromatic N) is 2. The van der Waals surface area contributed by atoms with E-state index in [-0.39, 0.29) is 11.7 Å². The number of hydrogen-bond acceptors (Lipinski definition) is 6. The third-order valence-electron chi connectivity index (χ3n) is 1.90. The van der Waals surface area contributed by atoms with E-state index in [9.17, 15) is 9.59 Å². The first kappa shape index (κ1) is 14.8. The van der Waals surface area contributed by atoms with Crippen LogP contribution in [0.1, 0.15) is 6.92 Å². The summed E-state index contributed by atoms with van der Waals surface area (Å²) in [5.41, 5.74) is 0. The molecule has 98 valence electrons. The molecule has 0 aliphatic carbocycles. The van der Waals surface area contributed by atoms with Crippen LogP contribution in [0.25, 0.3) is 0 Å². The lowest BCUT2D eigenvalue weighted by molar-refractivity contribution is -0.140. The second kappa shape index (κ2) is 7.22. The highest BCUT2D eigenvalue weighted by Crippen LogP contribution is 2.20. The second-order valence-corrected chi connectivity index (χ2v) is 5.17. The quantitative estimate of drug-likeness (QED) is 0.592. The molecule has 0 aliphatic heterocycles. The summed E-state index contributed by atoms with van der Waals surface area (Å²) in [6, 6.07) is 0.863. The van der Waals surface area contributed by atoms with Gasteiger partial charge in [0.15, 0.2) is 0 Å². The van der Waals surface area contributed by atoms with Gasteiger partial charge < -0.3 is 10.4 Å². The molecule has 0 fully saturated rings. The van der Waals surface area contributed by atoms with E-state index < -0.39 is 12.0 Å². The van der Waals surface area contributed by atoms with Crippen LogP contribution in [0, 0.1) is 0 Å². The van der Waals surface area contributed by atoms with Crippen molar-refractivity contribution in [2.75, 3.05) is 12.0 Å². The molecular weight excluding hydrogens is 274 g/mol. The van der Waals surface area contributed by atoms with Crippen molar-refractivity contribution in [3.63, 3.8) is 0 Å². The molecule has 1 aromatic rings. The van der Waals surface area contributed by atoms with Crippen LogP contribution in [-0.2, 0) is 9.59 Å². The van der Waals surface area contributed by atoms with Crippen molar-refractivity contribution < 1.29 is 14.7 Å². The zero-order chi connectivity index (χ0) is 13.5. The van der Waals surface area contributed by atoms with Crippen LogP contribution in [0.4, 0.5) is 0 Å². The Kier molecular flexibility index (Phi) is 5.93. The van der Waals surface area contributed by atoms with Crippen molar-refractivity contribution in [2.45, 2.75) is 23.0 Å². The monoisotopic (exact) mass is 287 g/mol. The summed E-state index contributed by atoms with van der Waals surface area (Å²) in [6.07, 6.45) is 3.33. The highest BCUT2D eigenvalue weighted by atomic mass is 32.2. The number of aliphatic carboxylic acids is 1. The summed E-state index contributed by atoms with van der Waals surface area (Å²) in [5.74, 6) is -1.20. The molecule has 8 heteroatoms. The van der Waals surface area contributed by atoms with E-state index in [4.69, 9.17) is 5.11 Å². The highest BCUT2D eigenvalue weighted by Gasteiger charge is 2.18. The van der Waals surface area contributed by atoms with Crippen molar-refractivity contribution in [1.82, 2.24) is 15.3 Å². The Morgan fingerprint density at radius 3 is 2.67 bits per heavy atom. The molecule has 0 saturated heterocycles. The number of carbonyl (C=O) groups excluding carboxylic acids is 1.